The van der Waals surface area contributed by atoms with Crippen LogP contribution < -0.4 is 5.32 Å². The third-order valence-electron chi connectivity index (χ3n) is 5.52. The SMILES string of the molecule is Cc1ccc(C(=O)N2CCN(CC(=O)Nc3ccc(S(=O)(=O)N(C)C(C)C)cc3)CC2)o1. The molecule has 0 atom stereocenters. The Labute approximate surface area is 189 Å². The summed E-state index contributed by atoms with van der Waals surface area (Å²) >= 11 is 0. The van der Waals surface area contributed by atoms with Crippen molar-refractivity contribution in [2.24, 2.45) is 0 Å². The number of sulfonamides is 1. The van der Waals surface area contributed by atoms with Crippen molar-refractivity contribution in [3.05, 3.63) is 47.9 Å². The van der Waals surface area contributed by atoms with Gasteiger partial charge in [0.15, 0.2) is 5.76 Å². The van der Waals surface area contributed by atoms with Gasteiger partial charge in [-0.25, -0.2) is 8.42 Å². The smallest absolute Gasteiger partial charge is 0.289 e. The summed E-state index contributed by atoms with van der Waals surface area (Å²) in [6.45, 7) is 7.79. The number of piperazine rings is 1. The minimum atomic E-state index is -3.56. The lowest BCUT2D eigenvalue weighted by atomic mass is 10.2. The molecule has 0 radical (unpaired) electrons. The Morgan fingerprint density at radius 3 is 2.22 bits per heavy atom. The highest BCUT2D eigenvalue weighted by molar-refractivity contribution is 7.89. The second kappa shape index (κ2) is 9.85. The maximum atomic E-state index is 12.5. The molecule has 0 bridgehead atoms. The number of aryl methyl sites for hydroxylation is 1. The van der Waals surface area contributed by atoms with Crippen LogP contribution in [0.4, 0.5) is 5.69 Å². The van der Waals surface area contributed by atoms with Crippen molar-refractivity contribution in [3.63, 3.8) is 0 Å². The molecule has 9 nitrogen and oxygen atoms in total. The van der Waals surface area contributed by atoms with Crippen molar-refractivity contribution in [2.75, 3.05) is 45.1 Å². The molecule has 1 saturated heterocycles. The van der Waals surface area contributed by atoms with Gasteiger partial charge >= 0.3 is 0 Å². The first-order valence-corrected chi connectivity index (χ1v) is 12.0. The summed E-state index contributed by atoms with van der Waals surface area (Å²) in [6, 6.07) is 9.43. The fraction of sp³-hybridized carbons (Fsp3) is 0.455. The maximum Gasteiger partial charge on any atom is 0.289 e. The second-order valence-electron chi connectivity index (χ2n) is 8.17. The normalized spacial score (nSPS) is 15.4. The first kappa shape index (κ1) is 24.0. The largest absolute Gasteiger partial charge is 0.456 e. The van der Waals surface area contributed by atoms with Crippen LogP contribution in [0.2, 0.25) is 0 Å². The molecule has 174 valence electrons. The number of benzene rings is 1. The van der Waals surface area contributed by atoms with Crippen LogP contribution in [0.1, 0.15) is 30.2 Å². The molecular weight excluding hydrogens is 432 g/mol. The summed E-state index contributed by atoms with van der Waals surface area (Å²) in [7, 11) is -2.02. The van der Waals surface area contributed by atoms with E-state index in [1.165, 1.54) is 16.4 Å². The third-order valence-corrected chi connectivity index (χ3v) is 7.57. The number of anilines is 1. The van der Waals surface area contributed by atoms with Crippen LogP contribution in [0.25, 0.3) is 0 Å². The molecule has 2 heterocycles. The summed E-state index contributed by atoms with van der Waals surface area (Å²) in [6.07, 6.45) is 0. The molecular formula is C22H30N4O5S. The van der Waals surface area contributed by atoms with Gasteiger partial charge in [-0.2, -0.15) is 4.31 Å². The molecule has 0 aliphatic carbocycles. The molecule has 32 heavy (non-hydrogen) atoms. The quantitative estimate of drug-likeness (QED) is 0.675. The minimum Gasteiger partial charge on any atom is -0.456 e. The van der Waals surface area contributed by atoms with E-state index in [1.54, 1.807) is 57.0 Å². The number of nitrogens with one attached hydrogen (secondary N) is 1. The molecule has 1 aliphatic rings. The van der Waals surface area contributed by atoms with Crippen LogP contribution in [0.3, 0.4) is 0 Å². The second-order valence-corrected chi connectivity index (χ2v) is 10.2. The predicted molar refractivity (Wildman–Crippen MR) is 121 cm³/mol. The highest BCUT2D eigenvalue weighted by Gasteiger charge is 2.25. The lowest BCUT2D eigenvalue weighted by Crippen LogP contribution is -2.50. The van der Waals surface area contributed by atoms with Gasteiger partial charge in [0.2, 0.25) is 15.9 Å². The molecule has 2 aromatic rings. The van der Waals surface area contributed by atoms with Crippen LogP contribution in [-0.2, 0) is 14.8 Å². The first-order valence-electron chi connectivity index (χ1n) is 10.5. The van der Waals surface area contributed by atoms with E-state index in [0.29, 0.717) is 43.4 Å². The number of nitrogens with zero attached hydrogens (tertiary/aromatic N) is 3. The van der Waals surface area contributed by atoms with Crippen molar-refractivity contribution >= 4 is 27.5 Å². The Hall–Kier alpha value is -2.69. The van der Waals surface area contributed by atoms with Gasteiger partial charge in [-0.3, -0.25) is 14.5 Å². The van der Waals surface area contributed by atoms with E-state index >= 15 is 0 Å². The van der Waals surface area contributed by atoms with Crippen molar-refractivity contribution < 1.29 is 22.4 Å². The van der Waals surface area contributed by atoms with E-state index in [2.05, 4.69) is 5.32 Å². The van der Waals surface area contributed by atoms with Crippen molar-refractivity contribution in [2.45, 2.75) is 31.7 Å². The summed E-state index contributed by atoms with van der Waals surface area (Å²) in [5, 5.41) is 2.80. The summed E-state index contributed by atoms with van der Waals surface area (Å²) < 4.78 is 31.8. The topological polar surface area (TPSA) is 103 Å². The van der Waals surface area contributed by atoms with E-state index in [0.717, 1.165) is 0 Å². The van der Waals surface area contributed by atoms with E-state index in [4.69, 9.17) is 4.42 Å². The van der Waals surface area contributed by atoms with E-state index in [9.17, 15) is 18.0 Å². The van der Waals surface area contributed by atoms with Crippen LogP contribution >= 0.6 is 0 Å². The Morgan fingerprint density at radius 2 is 1.69 bits per heavy atom. The molecule has 3 rings (SSSR count). The van der Waals surface area contributed by atoms with Gasteiger partial charge in [-0.1, -0.05) is 0 Å². The number of hydrogen-bond donors (Lipinski definition) is 1. The van der Waals surface area contributed by atoms with Crippen molar-refractivity contribution in [3.8, 4) is 0 Å². The van der Waals surface area contributed by atoms with Gasteiger partial charge in [0.1, 0.15) is 5.76 Å². The Morgan fingerprint density at radius 1 is 1.06 bits per heavy atom. The predicted octanol–water partition coefficient (Wildman–Crippen LogP) is 2.01. The molecule has 0 spiro atoms. The number of carbonyl (C=O) groups is 2. The molecule has 1 aromatic carbocycles. The molecule has 1 aromatic heterocycles. The summed E-state index contributed by atoms with van der Waals surface area (Å²) in [5.74, 6) is 0.696. The zero-order valence-electron chi connectivity index (χ0n) is 18.9. The van der Waals surface area contributed by atoms with Crippen LogP contribution in [-0.4, -0.2) is 80.2 Å². The Kier molecular flexibility index (Phi) is 7.37. The zero-order chi connectivity index (χ0) is 23.5. The van der Waals surface area contributed by atoms with E-state index in [-0.39, 0.29) is 29.3 Å². The lowest BCUT2D eigenvalue weighted by molar-refractivity contribution is -0.117. The molecule has 0 saturated carbocycles. The molecule has 1 N–H and O–H groups in total. The summed E-state index contributed by atoms with van der Waals surface area (Å²) in [5.41, 5.74) is 0.531. The van der Waals surface area contributed by atoms with Crippen LogP contribution in [0.5, 0.6) is 0 Å². The maximum absolute atomic E-state index is 12.5. The van der Waals surface area contributed by atoms with Gasteiger partial charge in [-0.15, -0.1) is 0 Å². The number of hydrogen-bond acceptors (Lipinski definition) is 6. The number of carbonyl (C=O) groups excluding carboxylic acids is 2. The highest BCUT2D eigenvalue weighted by Crippen LogP contribution is 2.19. The number of amides is 2. The third kappa shape index (κ3) is 5.56. The molecule has 1 fully saturated rings. The van der Waals surface area contributed by atoms with E-state index in [1.807, 2.05) is 4.90 Å². The zero-order valence-corrected chi connectivity index (χ0v) is 19.7. The number of furan rings is 1. The van der Waals surface area contributed by atoms with Crippen molar-refractivity contribution in [1.29, 1.82) is 0 Å². The van der Waals surface area contributed by atoms with Crippen LogP contribution in [0, 0.1) is 6.92 Å². The average Bonchev–Trinajstić information content (AvgIpc) is 3.19. The fourth-order valence-electron chi connectivity index (χ4n) is 3.37. The standard InChI is InChI=1S/C22H30N4O5S/c1-16(2)24(4)32(29,30)19-8-6-18(7-9-19)23-21(27)15-25-11-13-26(14-12-25)22(28)20-10-5-17(3)31-20/h5-10,16H,11-15H2,1-4H3,(H,23,27). The molecule has 2 amide bonds. The monoisotopic (exact) mass is 462 g/mol. The van der Waals surface area contributed by atoms with Gasteiger partial charge < -0.3 is 14.6 Å². The Bertz CT molecular complexity index is 1050. The van der Waals surface area contributed by atoms with Crippen LogP contribution in [0.15, 0.2) is 45.7 Å². The van der Waals surface area contributed by atoms with Gasteiger partial charge in [0.25, 0.3) is 5.91 Å². The molecule has 1 aliphatic heterocycles. The van der Waals surface area contributed by atoms with Crippen molar-refractivity contribution in [1.82, 2.24) is 14.1 Å². The van der Waals surface area contributed by atoms with E-state index < -0.39 is 10.0 Å². The van der Waals surface area contributed by atoms with Gasteiger partial charge in [0, 0.05) is 45.0 Å². The molecule has 10 heteroatoms. The Balaban J connectivity index is 1.50. The number of rotatable bonds is 7. The summed E-state index contributed by atoms with van der Waals surface area (Å²) in [4.78, 5) is 28.8. The van der Waals surface area contributed by atoms with Gasteiger partial charge in [0.05, 0.1) is 11.4 Å². The average molecular weight is 463 g/mol. The first-order chi connectivity index (χ1) is 15.1. The highest BCUT2D eigenvalue weighted by atomic mass is 32.2. The van der Waals surface area contributed by atoms with Gasteiger partial charge in [-0.05, 0) is 57.2 Å². The minimum absolute atomic E-state index is 0.139. The lowest BCUT2D eigenvalue weighted by Gasteiger charge is -2.33. The molecule has 0 unspecified atom stereocenters. The fourth-order valence-corrected chi connectivity index (χ4v) is 4.74.